The third kappa shape index (κ3) is 2.30. The van der Waals surface area contributed by atoms with Crippen LogP contribution in [0.15, 0.2) is 22.7 Å². The number of benzene rings is 1. The summed E-state index contributed by atoms with van der Waals surface area (Å²) in [7, 11) is 0. The summed E-state index contributed by atoms with van der Waals surface area (Å²) in [6, 6.07) is 5.97. The number of rotatable bonds is 2. The first-order valence-corrected chi connectivity index (χ1v) is 6.25. The molecule has 5 heteroatoms. The van der Waals surface area contributed by atoms with Crippen LogP contribution in [0.5, 0.6) is 0 Å². The Bertz CT molecular complexity index is 464. The number of hydrogen-bond acceptors (Lipinski definition) is 3. The highest BCUT2D eigenvalue weighted by Crippen LogP contribution is 2.29. The van der Waals surface area contributed by atoms with E-state index in [2.05, 4.69) is 15.9 Å². The summed E-state index contributed by atoms with van der Waals surface area (Å²) in [5, 5.41) is 9.09. The fourth-order valence-corrected chi connectivity index (χ4v) is 2.66. The topological polar surface area (TPSA) is 66.6 Å². The number of hydrogen-bond donors (Lipinski definition) is 2. The molecule has 0 spiro atoms. The first-order valence-electron chi connectivity index (χ1n) is 5.46. The molecule has 1 atom stereocenters. The molecule has 0 aliphatic carbocycles. The first-order chi connectivity index (χ1) is 7.92. The SMILES string of the molecule is Cc1cc(Br)ccc1N1CCC(N)(C(=O)O)C1. The van der Waals surface area contributed by atoms with Crippen LogP contribution >= 0.6 is 15.9 Å². The molecule has 1 heterocycles. The average molecular weight is 299 g/mol. The van der Waals surface area contributed by atoms with Crippen molar-refractivity contribution in [2.75, 3.05) is 18.0 Å². The van der Waals surface area contributed by atoms with Crippen LogP contribution in [0.4, 0.5) is 5.69 Å². The van der Waals surface area contributed by atoms with E-state index in [0.717, 1.165) is 15.7 Å². The van der Waals surface area contributed by atoms with Crippen LogP contribution in [-0.2, 0) is 4.79 Å². The van der Waals surface area contributed by atoms with Gasteiger partial charge >= 0.3 is 5.97 Å². The second-order valence-corrected chi connectivity index (χ2v) is 5.48. The van der Waals surface area contributed by atoms with Gasteiger partial charge in [-0.2, -0.15) is 0 Å². The molecular weight excluding hydrogens is 284 g/mol. The van der Waals surface area contributed by atoms with E-state index in [1.54, 1.807) is 0 Å². The maximum atomic E-state index is 11.1. The smallest absolute Gasteiger partial charge is 0.325 e. The highest BCUT2D eigenvalue weighted by Gasteiger charge is 2.41. The van der Waals surface area contributed by atoms with Crippen LogP contribution in [0, 0.1) is 6.92 Å². The van der Waals surface area contributed by atoms with Crippen LogP contribution in [0.2, 0.25) is 0 Å². The minimum atomic E-state index is -1.11. The summed E-state index contributed by atoms with van der Waals surface area (Å²) in [6.07, 6.45) is 0.484. The summed E-state index contributed by atoms with van der Waals surface area (Å²) >= 11 is 3.41. The van der Waals surface area contributed by atoms with Crippen molar-refractivity contribution in [3.05, 3.63) is 28.2 Å². The van der Waals surface area contributed by atoms with Crippen molar-refractivity contribution >= 4 is 27.6 Å². The van der Waals surface area contributed by atoms with Crippen molar-refractivity contribution in [1.29, 1.82) is 0 Å². The molecule has 3 N–H and O–H groups in total. The minimum absolute atomic E-state index is 0.366. The Labute approximate surface area is 109 Å². The lowest BCUT2D eigenvalue weighted by Gasteiger charge is -2.23. The van der Waals surface area contributed by atoms with Gasteiger partial charge in [0.05, 0.1) is 0 Å². The average Bonchev–Trinajstić information content (AvgIpc) is 2.62. The van der Waals surface area contributed by atoms with E-state index in [1.807, 2.05) is 30.0 Å². The molecule has 1 unspecified atom stereocenters. The number of halogens is 1. The third-order valence-corrected chi connectivity index (χ3v) is 3.72. The molecule has 1 aromatic carbocycles. The molecule has 4 nitrogen and oxygen atoms in total. The van der Waals surface area contributed by atoms with E-state index in [1.165, 1.54) is 0 Å². The van der Waals surface area contributed by atoms with Gasteiger partial charge in [0.15, 0.2) is 0 Å². The standard InChI is InChI=1S/C12H15BrN2O2/c1-8-6-9(13)2-3-10(8)15-5-4-12(14,7-15)11(16)17/h2-3,6H,4-5,7,14H2,1H3,(H,16,17). The Hall–Kier alpha value is -1.07. The van der Waals surface area contributed by atoms with Crippen LogP contribution in [0.25, 0.3) is 0 Å². The van der Waals surface area contributed by atoms with E-state index >= 15 is 0 Å². The van der Waals surface area contributed by atoms with Gasteiger partial charge in [0, 0.05) is 23.2 Å². The normalized spacial score (nSPS) is 24.1. The van der Waals surface area contributed by atoms with Crippen molar-refractivity contribution in [3.63, 3.8) is 0 Å². The summed E-state index contributed by atoms with van der Waals surface area (Å²) in [6.45, 7) is 3.06. The second-order valence-electron chi connectivity index (χ2n) is 4.56. The number of carboxylic acid groups (broad SMARTS) is 1. The van der Waals surface area contributed by atoms with Gasteiger partial charge in [-0.25, -0.2) is 0 Å². The molecule has 1 aromatic rings. The van der Waals surface area contributed by atoms with Crippen molar-refractivity contribution in [2.24, 2.45) is 5.73 Å². The zero-order valence-corrected chi connectivity index (χ0v) is 11.2. The van der Waals surface area contributed by atoms with Crippen molar-refractivity contribution in [1.82, 2.24) is 0 Å². The Balaban J connectivity index is 2.24. The summed E-state index contributed by atoms with van der Waals surface area (Å²) in [4.78, 5) is 13.1. The van der Waals surface area contributed by atoms with E-state index in [9.17, 15) is 4.79 Å². The van der Waals surface area contributed by atoms with Crippen molar-refractivity contribution in [2.45, 2.75) is 18.9 Å². The number of nitrogens with zero attached hydrogens (tertiary/aromatic N) is 1. The van der Waals surface area contributed by atoms with Crippen LogP contribution < -0.4 is 10.6 Å². The maximum Gasteiger partial charge on any atom is 0.325 e. The van der Waals surface area contributed by atoms with E-state index in [-0.39, 0.29) is 0 Å². The maximum absolute atomic E-state index is 11.1. The lowest BCUT2D eigenvalue weighted by Crippen LogP contribution is -2.50. The van der Waals surface area contributed by atoms with Crippen LogP contribution in [0.1, 0.15) is 12.0 Å². The molecule has 0 radical (unpaired) electrons. The molecule has 0 amide bonds. The van der Waals surface area contributed by atoms with Crippen molar-refractivity contribution < 1.29 is 9.90 Å². The van der Waals surface area contributed by atoms with Gasteiger partial charge in [-0.1, -0.05) is 15.9 Å². The number of anilines is 1. The molecule has 0 bridgehead atoms. The van der Waals surface area contributed by atoms with Gasteiger partial charge in [0.2, 0.25) is 0 Å². The summed E-state index contributed by atoms with van der Waals surface area (Å²) in [5.41, 5.74) is 6.92. The van der Waals surface area contributed by atoms with Gasteiger partial charge in [-0.05, 0) is 37.1 Å². The van der Waals surface area contributed by atoms with Gasteiger partial charge in [0.25, 0.3) is 0 Å². The molecule has 1 aliphatic heterocycles. The molecule has 17 heavy (non-hydrogen) atoms. The number of carbonyl (C=O) groups is 1. The Kier molecular flexibility index (Phi) is 3.14. The number of carboxylic acids is 1. The van der Waals surface area contributed by atoms with E-state index in [0.29, 0.717) is 19.5 Å². The van der Waals surface area contributed by atoms with Gasteiger partial charge in [-0.15, -0.1) is 0 Å². The highest BCUT2D eigenvalue weighted by atomic mass is 79.9. The predicted molar refractivity (Wildman–Crippen MR) is 70.3 cm³/mol. The zero-order chi connectivity index (χ0) is 12.6. The Morgan fingerprint density at radius 3 is 2.82 bits per heavy atom. The molecule has 2 rings (SSSR count). The third-order valence-electron chi connectivity index (χ3n) is 3.23. The van der Waals surface area contributed by atoms with Gasteiger partial charge in [0.1, 0.15) is 5.54 Å². The highest BCUT2D eigenvalue weighted by molar-refractivity contribution is 9.10. The molecular formula is C12H15BrN2O2. The minimum Gasteiger partial charge on any atom is -0.480 e. The number of aliphatic carboxylic acids is 1. The quantitative estimate of drug-likeness (QED) is 0.873. The Morgan fingerprint density at radius 2 is 2.29 bits per heavy atom. The lowest BCUT2D eigenvalue weighted by atomic mass is 10.0. The van der Waals surface area contributed by atoms with Crippen molar-refractivity contribution in [3.8, 4) is 0 Å². The Morgan fingerprint density at radius 1 is 1.59 bits per heavy atom. The van der Waals surface area contributed by atoms with Gasteiger partial charge < -0.3 is 15.7 Å². The fourth-order valence-electron chi connectivity index (χ4n) is 2.19. The molecule has 1 aliphatic rings. The molecule has 1 saturated heterocycles. The zero-order valence-electron chi connectivity index (χ0n) is 9.61. The van der Waals surface area contributed by atoms with Crippen LogP contribution in [0.3, 0.4) is 0 Å². The molecule has 0 aromatic heterocycles. The van der Waals surface area contributed by atoms with Gasteiger partial charge in [-0.3, -0.25) is 4.79 Å². The second kappa shape index (κ2) is 4.31. The molecule has 0 saturated carbocycles. The predicted octanol–water partition coefficient (Wildman–Crippen LogP) is 1.75. The lowest BCUT2D eigenvalue weighted by molar-refractivity contribution is -0.142. The van der Waals surface area contributed by atoms with E-state index in [4.69, 9.17) is 10.8 Å². The summed E-state index contributed by atoms with van der Waals surface area (Å²) in [5.74, 6) is -0.922. The first kappa shape index (κ1) is 12.4. The fraction of sp³-hybridized carbons (Fsp3) is 0.417. The van der Waals surface area contributed by atoms with E-state index < -0.39 is 11.5 Å². The molecule has 92 valence electrons. The summed E-state index contributed by atoms with van der Waals surface area (Å²) < 4.78 is 1.02. The molecule has 1 fully saturated rings. The number of nitrogens with two attached hydrogens (primary N) is 1. The largest absolute Gasteiger partial charge is 0.480 e. The monoisotopic (exact) mass is 298 g/mol. The number of aryl methyl sites for hydroxylation is 1. The van der Waals surface area contributed by atoms with Crippen LogP contribution in [-0.4, -0.2) is 29.7 Å².